The highest BCUT2D eigenvalue weighted by atomic mass is 79.9. The maximum atomic E-state index is 5.94. The molecule has 0 aliphatic heterocycles. The molecule has 0 amide bonds. The summed E-state index contributed by atoms with van der Waals surface area (Å²) in [5, 5.41) is 3.36. The van der Waals surface area contributed by atoms with Crippen molar-refractivity contribution < 1.29 is 0 Å². The highest BCUT2D eigenvalue weighted by Gasteiger charge is 2.12. The highest BCUT2D eigenvalue weighted by Crippen LogP contribution is 2.22. The van der Waals surface area contributed by atoms with E-state index in [0.717, 1.165) is 3.79 Å². The third-order valence-corrected chi connectivity index (χ3v) is 4.85. The molecule has 0 unspecified atom stereocenters. The summed E-state index contributed by atoms with van der Waals surface area (Å²) in [5.74, 6) is 0.589. The van der Waals surface area contributed by atoms with Crippen molar-refractivity contribution >= 4 is 33.2 Å². The number of thiophene rings is 1. The second-order valence-corrected chi connectivity index (χ2v) is 7.29. The fourth-order valence-corrected chi connectivity index (χ4v) is 3.69. The standard InChI is InChI=1S/C13H20BrN3S/c14-12-8-7-11(18-12)9-16-13(15)17-10-5-3-1-2-4-6-10/h7-8,10H,1-6,9H2,(H3,15,16,17). The molecule has 0 bridgehead atoms. The van der Waals surface area contributed by atoms with Crippen molar-refractivity contribution in [3.8, 4) is 0 Å². The van der Waals surface area contributed by atoms with Crippen molar-refractivity contribution in [2.45, 2.75) is 51.1 Å². The van der Waals surface area contributed by atoms with Crippen LogP contribution < -0.4 is 11.1 Å². The predicted molar refractivity (Wildman–Crippen MR) is 82.0 cm³/mol. The molecule has 2 rings (SSSR count). The maximum absolute atomic E-state index is 5.94. The first-order valence-corrected chi connectivity index (χ1v) is 8.15. The molecule has 5 heteroatoms. The van der Waals surface area contributed by atoms with Crippen molar-refractivity contribution in [3.63, 3.8) is 0 Å². The molecule has 1 aromatic heterocycles. The van der Waals surface area contributed by atoms with Gasteiger partial charge in [0.2, 0.25) is 0 Å². The van der Waals surface area contributed by atoms with E-state index in [1.54, 1.807) is 11.3 Å². The Morgan fingerprint density at radius 3 is 2.67 bits per heavy atom. The van der Waals surface area contributed by atoms with Gasteiger partial charge in [-0.2, -0.15) is 0 Å². The van der Waals surface area contributed by atoms with Gasteiger partial charge in [-0.3, -0.25) is 0 Å². The molecule has 0 aromatic carbocycles. The smallest absolute Gasteiger partial charge is 0.189 e. The van der Waals surface area contributed by atoms with Crippen molar-refractivity contribution in [1.29, 1.82) is 0 Å². The van der Waals surface area contributed by atoms with Gasteiger partial charge in [-0.05, 0) is 40.9 Å². The topological polar surface area (TPSA) is 50.4 Å². The van der Waals surface area contributed by atoms with Gasteiger partial charge in [0.1, 0.15) is 0 Å². The molecule has 18 heavy (non-hydrogen) atoms. The van der Waals surface area contributed by atoms with E-state index in [1.165, 1.54) is 43.4 Å². The van der Waals surface area contributed by atoms with Gasteiger partial charge in [-0.15, -0.1) is 11.3 Å². The lowest BCUT2D eigenvalue weighted by Gasteiger charge is -2.16. The number of aliphatic imine (C=N–C) groups is 1. The number of guanidine groups is 1. The Morgan fingerprint density at radius 2 is 2.06 bits per heavy atom. The van der Waals surface area contributed by atoms with Gasteiger partial charge < -0.3 is 11.1 Å². The van der Waals surface area contributed by atoms with Crippen LogP contribution >= 0.6 is 27.3 Å². The summed E-state index contributed by atoms with van der Waals surface area (Å²) in [6.45, 7) is 0.668. The van der Waals surface area contributed by atoms with Crippen molar-refractivity contribution in [3.05, 3.63) is 20.8 Å². The minimum atomic E-state index is 0.520. The molecule has 1 aliphatic carbocycles. The first-order chi connectivity index (χ1) is 8.74. The monoisotopic (exact) mass is 329 g/mol. The lowest BCUT2D eigenvalue weighted by atomic mass is 10.1. The number of halogens is 1. The molecular weight excluding hydrogens is 310 g/mol. The Morgan fingerprint density at radius 1 is 1.33 bits per heavy atom. The highest BCUT2D eigenvalue weighted by molar-refractivity contribution is 9.11. The van der Waals surface area contributed by atoms with Crippen LogP contribution in [0, 0.1) is 0 Å². The molecular formula is C13H20BrN3S. The fraction of sp³-hybridized carbons (Fsp3) is 0.615. The summed E-state index contributed by atoms with van der Waals surface area (Å²) < 4.78 is 1.14. The van der Waals surface area contributed by atoms with E-state index in [-0.39, 0.29) is 0 Å². The van der Waals surface area contributed by atoms with Crippen LogP contribution in [0.25, 0.3) is 0 Å². The maximum Gasteiger partial charge on any atom is 0.189 e. The van der Waals surface area contributed by atoms with Crippen LogP contribution in [0.5, 0.6) is 0 Å². The number of nitrogens with one attached hydrogen (secondary N) is 1. The minimum Gasteiger partial charge on any atom is -0.370 e. The summed E-state index contributed by atoms with van der Waals surface area (Å²) in [4.78, 5) is 5.63. The van der Waals surface area contributed by atoms with Gasteiger partial charge in [-0.25, -0.2) is 4.99 Å². The summed E-state index contributed by atoms with van der Waals surface area (Å²) >= 11 is 5.16. The van der Waals surface area contributed by atoms with Gasteiger partial charge in [0.15, 0.2) is 5.96 Å². The quantitative estimate of drug-likeness (QED) is 0.505. The zero-order valence-electron chi connectivity index (χ0n) is 10.5. The van der Waals surface area contributed by atoms with Crippen LogP contribution in [-0.4, -0.2) is 12.0 Å². The Labute approximate surface area is 121 Å². The summed E-state index contributed by atoms with van der Waals surface area (Å²) in [7, 11) is 0. The first-order valence-electron chi connectivity index (χ1n) is 6.55. The molecule has 1 fully saturated rings. The molecule has 0 spiro atoms. The molecule has 0 atom stereocenters. The molecule has 1 saturated carbocycles. The van der Waals surface area contributed by atoms with Crippen LogP contribution in [0.2, 0.25) is 0 Å². The molecule has 3 nitrogen and oxygen atoms in total. The van der Waals surface area contributed by atoms with E-state index in [1.807, 2.05) is 6.07 Å². The molecule has 0 radical (unpaired) electrons. The van der Waals surface area contributed by atoms with Crippen LogP contribution in [0.1, 0.15) is 43.4 Å². The molecule has 1 aliphatic rings. The third-order valence-electron chi connectivity index (χ3n) is 3.24. The van der Waals surface area contributed by atoms with Crippen LogP contribution in [0.15, 0.2) is 20.9 Å². The fourth-order valence-electron chi connectivity index (χ4n) is 2.28. The Balaban J connectivity index is 1.80. The first kappa shape index (κ1) is 13.9. The Kier molecular flexibility index (Phi) is 5.50. The Hall–Kier alpha value is -0.550. The normalized spacial score (nSPS) is 18.6. The summed E-state index contributed by atoms with van der Waals surface area (Å²) in [6.07, 6.45) is 7.78. The van der Waals surface area contributed by atoms with Gasteiger partial charge in [-0.1, -0.05) is 25.7 Å². The van der Waals surface area contributed by atoms with Gasteiger partial charge >= 0.3 is 0 Å². The predicted octanol–water partition coefficient (Wildman–Crippen LogP) is 3.64. The van der Waals surface area contributed by atoms with E-state index < -0.39 is 0 Å². The van der Waals surface area contributed by atoms with E-state index in [4.69, 9.17) is 5.73 Å². The second kappa shape index (κ2) is 7.14. The lowest BCUT2D eigenvalue weighted by Crippen LogP contribution is -2.39. The molecule has 1 heterocycles. The van der Waals surface area contributed by atoms with Crippen molar-refractivity contribution in [2.75, 3.05) is 0 Å². The van der Waals surface area contributed by atoms with Gasteiger partial charge in [0.25, 0.3) is 0 Å². The molecule has 100 valence electrons. The van der Waals surface area contributed by atoms with Gasteiger partial charge in [0, 0.05) is 10.9 Å². The van der Waals surface area contributed by atoms with E-state index >= 15 is 0 Å². The zero-order valence-corrected chi connectivity index (χ0v) is 12.9. The number of hydrogen-bond donors (Lipinski definition) is 2. The van der Waals surface area contributed by atoms with Gasteiger partial charge in [0.05, 0.1) is 10.3 Å². The number of nitrogens with two attached hydrogens (primary N) is 1. The molecule has 3 N–H and O–H groups in total. The second-order valence-electron chi connectivity index (χ2n) is 4.74. The largest absolute Gasteiger partial charge is 0.370 e. The molecule has 1 aromatic rings. The van der Waals surface area contributed by atoms with E-state index in [0.29, 0.717) is 18.5 Å². The number of nitrogens with zero attached hydrogens (tertiary/aromatic N) is 1. The summed E-state index contributed by atoms with van der Waals surface area (Å²) in [6, 6.07) is 4.65. The molecule has 0 saturated heterocycles. The average molecular weight is 330 g/mol. The van der Waals surface area contributed by atoms with Crippen LogP contribution in [0.4, 0.5) is 0 Å². The zero-order chi connectivity index (χ0) is 12.8. The van der Waals surface area contributed by atoms with Crippen molar-refractivity contribution in [2.24, 2.45) is 10.7 Å². The van der Waals surface area contributed by atoms with E-state index in [2.05, 4.69) is 32.3 Å². The third kappa shape index (κ3) is 4.61. The minimum absolute atomic E-state index is 0.520. The average Bonchev–Trinajstić information content (AvgIpc) is 2.60. The van der Waals surface area contributed by atoms with Crippen LogP contribution in [-0.2, 0) is 6.54 Å². The Bertz CT molecular complexity index is 395. The SMILES string of the molecule is NC(=NCc1ccc(Br)s1)NC1CCCCCC1. The van der Waals surface area contributed by atoms with Crippen LogP contribution in [0.3, 0.4) is 0 Å². The number of rotatable bonds is 3. The lowest BCUT2D eigenvalue weighted by molar-refractivity contribution is 0.530. The van der Waals surface area contributed by atoms with Crippen molar-refractivity contribution in [1.82, 2.24) is 5.32 Å². The summed E-state index contributed by atoms with van der Waals surface area (Å²) in [5.41, 5.74) is 5.94. The van der Waals surface area contributed by atoms with E-state index in [9.17, 15) is 0 Å². The number of hydrogen-bond acceptors (Lipinski definition) is 2.